The molecule has 1 N–H and O–H groups in total. The molecule has 1 aromatic heterocycles. The normalized spacial score (nSPS) is 23.8. The average Bonchev–Trinajstić information content (AvgIpc) is 2.58. The van der Waals surface area contributed by atoms with Crippen LogP contribution in [0, 0.1) is 0 Å². The Morgan fingerprint density at radius 2 is 2.28 bits per heavy atom. The number of hydrogen-bond acceptors (Lipinski definition) is 4. The summed E-state index contributed by atoms with van der Waals surface area (Å²) in [5.74, 6) is 0. The van der Waals surface area contributed by atoms with Crippen LogP contribution in [0.25, 0.3) is 0 Å². The van der Waals surface area contributed by atoms with Crippen LogP contribution in [-0.4, -0.2) is 43.7 Å². The van der Waals surface area contributed by atoms with E-state index < -0.39 is 0 Å². The van der Waals surface area contributed by atoms with Gasteiger partial charge in [-0.15, -0.1) is 5.10 Å². The molecular formula is C13H24N4O. The topological polar surface area (TPSA) is 54.2 Å². The molecular weight excluding hydrogens is 228 g/mol. The number of hydrogen-bond donors (Lipinski definition) is 1. The molecule has 2 atom stereocenters. The van der Waals surface area contributed by atoms with Crippen molar-refractivity contribution in [1.82, 2.24) is 19.9 Å². The van der Waals surface area contributed by atoms with E-state index in [-0.39, 0.29) is 6.10 Å². The van der Waals surface area contributed by atoms with E-state index in [0.29, 0.717) is 6.04 Å². The van der Waals surface area contributed by atoms with E-state index in [4.69, 9.17) is 0 Å². The predicted molar refractivity (Wildman–Crippen MR) is 70.0 cm³/mol. The molecule has 1 saturated heterocycles. The number of aryl methyl sites for hydroxylation is 1. The van der Waals surface area contributed by atoms with Crippen LogP contribution < -0.4 is 0 Å². The van der Waals surface area contributed by atoms with Crippen LogP contribution in [0.15, 0.2) is 6.20 Å². The SMILES string of the molecule is CC(O)CC1CCCCCN1Cc1cn(C)nn1. The third kappa shape index (κ3) is 3.78. The fraction of sp³-hybridized carbons (Fsp3) is 0.846. The van der Waals surface area contributed by atoms with Gasteiger partial charge in [-0.25, -0.2) is 0 Å². The summed E-state index contributed by atoms with van der Waals surface area (Å²) in [6, 6.07) is 0.481. The van der Waals surface area contributed by atoms with Gasteiger partial charge in [0.15, 0.2) is 0 Å². The Morgan fingerprint density at radius 1 is 1.44 bits per heavy atom. The Bertz CT molecular complexity index is 364. The highest BCUT2D eigenvalue weighted by Crippen LogP contribution is 2.22. The molecule has 2 unspecified atom stereocenters. The Kier molecular flexibility index (Phi) is 4.72. The molecule has 0 amide bonds. The maximum atomic E-state index is 9.63. The number of aromatic nitrogens is 3. The van der Waals surface area contributed by atoms with Crippen molar-refractivity contribution in [2.75, 3.05) is 6.54 Å². The lowest BCUT2D eigenvalue weighted by molar-refractivity contribution is 0.107. The highest BCUT2D eigenvalue weighted by molar-refractivity contribution is 4.93. The highest BCUT2D eigenvalue weighted by Gasteiger charge is 2.23. The monoisotopic (exact) mass is 252 g/mol. The lowest BCUT2D eigenvalue weighted by Crippen LogP contribution is -2.36. The maximum Gasteiger partial charge on any atom is 0.0967 e. The first-order valence-electron chi connectivity index (χ1n) is 6.92. The summed E-state index contributed by atoms with van der Waals surface area (Å²) in [6.07, 6.45) is 7.62. The Balaban J connectivity index is 2.00. The van der Waals surface area contributed by atoms with Gasteiger partial charge in [0.1, 0.15) is 0 Å². The van der Waals surface area contributed by atoms with Gasteiger partial charge in [-0.05, 0) is 32.7 Å². The summed E-state index contributed by atoms with van der Waals surface area (Å²) in [5.41, 5.74) is 1.02. The molecule has 102 valence electrons. The molecule has 0 radical (unpaired) electrons. The minimum absolute atomic E-state index is 0.225. The number of aliphatic hydroxyl groups is 1. The lowest BCUT2D eigenvalue weighted by Gasteiger charge is -2.30. The van der Waals surface area contributed by atoms with E-state index >= 15 is 0 Å². The van der Waals surface area contributed by atoms with E-state index in [9.17, 15) is 5.11 Å². The van der Waals surface area contributed by atoms with E-state index in [2.05, 4.69) is 15.2 Å². The smallest absolute Gasteiger partial charge is 0.0967 e. The summed E-state index contributed by atoms with van der Waals surface area (Å²) >= 11 is 0. The van der Waals surface area contributed by atoms with Crippen molar-refractivity contribution < 1.29 is 5.11 Å². The predicted octanol–water partition coefficient (Wildman–Crippen LogP) is 1.33. The van der Waals surface area contributed by atoms with Crippen LogP contribution in [0.3, 0.4) is 0 Å². The zero-order chi connectivity index (χ0) is 13.0. The quantitative estimate of drug-likeness (QED) is 0.878. The van der Waals surface area contributed by atoms with Gasteiger partial charge in [0.25, 0.3) is 0 Å². The van der Waals surface area contributed by atoms with Gasteiger partial charge >= 0.3 is 0 Å². The second kappa shape index (κ2) is 6.29. The first-order valence-corrected chi connectivity index (χ1v) is 6.92. The molecule has 0 bridgehead atoms. The third-order valence-corrected chi connectivity index (χ3v) is 3.63. The molecule has 0 saturated carbocycles. The zero-order valence-corrected chi connectivity index (χ0v) is 11.4. The molecule has 0 aliphatic carbocycles. The lowest BCUT2D eigenvalue weighted by atomic mass is 10.0. The number of rotatable bonds is 4. The minimum atomic E-state index is -0.225. The summed E-state index contributed by atoms with van der Waals surface area (Å²) in [6.45, 7) is 3.84. The number of aliphatic hydroxyl groups excluding tert-OH is 1. The molecule has 5 nitrogen and oxygen atoms in total. The Hall–Kier alpha value is -0.940. The molecule has 1 aliphatic rings. The standard InChI is InChI=1S/C13H24N4O/c1-11(18)8-13-6-4-3-5-7-17(13)10-12-9-16(2)15-14-12/h9,11,13,18H,3-8,10H2,1-2H3. The van der Waals surface area contributed by atoms with Gasteiger partial charge in [0.05, 0.1) is 11.8 Å². The first-order chi connectivity index (χ1) is 8.65. The third-order valence-electron chi connectivity index (χ3n) is 3.63. The van der Waals surface area contributed by atoms with Crippen molar-refractivity contribution in [3.05, 3.63) is 11.9 Å². The van der Waals surface area contributed by atoms with Crippen molar-refractivity contribution in [2.24, 2.45) is 7.05 Å². The Labute approximate surface area is 109 Å². The fourth-order valence-electron chi connectivity index (χ4n) is 2.78. The van der Waals surface area contributed by atoms with Crippen LogP contribution in [0.5, 0.6) is 0 Å². The van der Waals surface area contributed by atoms with Crippen LogP contribution in [0.1, 0.15) is 44.7 Å². The van der Waals surface area contributed by atoms with Crippen molar-refractivity contribution in [3.8, 4) is 0 Å². The number of likely N-dealkylation sites (tertiary alicyclic amines) is 1. The Morgan fingerprint density at radius 3 is 2.94 bits per heavy atom. The molecule has 0 spiro atoms. The van der Waals surface area contributed by atoms with Gasteiger partial charge in [0, 0.05) is 25.8 Å². The summed E-state index contributed by atoms with van der Waals surface area (Å²) in [5, 5.41) is 17.8. The molecule has 18 heavy (non-hydrogen) atoms. The maximum absolute atomic E-state index is 9.63. The van der Waals surface area contributed by atoms with Crippen LogP contribution in [-0.2, 0) is 13.6 Å². The van der Waals surface area contributed by atoms with E-state index in [1.54, 1.807) is 4.68 Å². The van der Waals surface area contributed by atoms with E-state index in [1.165, 1.54) is 25.7 Å². The van der Waals surface area contributed by atoms with Gasteiger partial charge < -0.3 is 5.11 Å². The summed E-state index contributed by atoms with van der Waals surface area (Å²) in [7, 11) is 1.90. The molecule has 0 aromatic carbocycles. The van der Waals surface area contributed by atoms with Gasteiger partial charge in [-0.1, -0.05) is 18.1 Å². The van der Waals surface area contributed by atoms with Crippen molar-refractivity contribution in [1.29, 1.82) is 0 Å². The van der Waals surface area contributed by atoms with Crippen LogP contribution >= 0.6 is 0 Å². The van der Waals surface area contributed by atoms with E-state index in [1.807, 2.05) is 20.2 Å². The molecule has 2 rings (SSSR count). The van der Waals surface area contributed by atoms with Crippen LogP contribution in [0.4, 0.5) is 0 Å². The molecule has 2 heterocycles. The summed E-state index contributed by atoms with van der Waals surface area (Å²) < 4.78 is 1.75. The van der Waals surface area contributed by atoms with Crippen molar-refractivity contribution in [2.45, 2.75) is 57.7 Å². The molecule has 1 aromatic rings. The minimum Gasteiger partial charge on any atom is -0.393 e. The van der Waals surface area contributed by atoms with Gasteiger partial charge in [-0.3, -0.25) is 9.58 Å². The highest BCUT2D eigenvalue weighted by atomic mass is 16.3. The summed E-state index contributed by atoms with van der Waals surface area (Å²) in [4.78, 5) is 2.46. The fourth-order valence-corrected chi connectivity index (χ4v) is 2.78. The van der Waals surface area contributed by atoms with Gasteiger partial charge in [0.2, 0.25) is 0 Å². The van der Waals surface area contributed by atoms with Gasteiger partial charge in [-0.2, -0.15) is 0 Å². The zero-order valence-electron chi connectivity index (χ0n) is 11.4. The van der Waals surface area contributed by atoms with Crippen LogP contribution in [0.2, 0.25) is 0 Å². The van der Waals surface area contributed by atoms with Crippen molar-refractivity contribution in [3.63, 3.8) is 0 Å². The first kappa shape index (κ1) is 13.5. The second-order valence-corrected chi connectivity index (χ2v) is 5.44. The molecule has 1 fully saturated rings. The number of nitrogens with zero attached hydrogens (tertiary/aromatic N) is 4. The molecule has 1 aliphatic heterocycles. The second-order valence-electron chi connectivity index (χ2n) is 5.44. The average molecular weight is 252 g/mol. The largest absolute Gasteiger partial charge is 0.393 e. The van der Waals surface area contributed by atoms with E-state index in [0.717, 1.165) is 25.2 Å². The molecule has 5 heteroatoms. The van der Waals surface area contributed by atoms with Crippen molar-refractivity contribution >= 4 is 0 Å².